The summed E-state index contributed by atoms with van der Waals surface area (Å²) < 4.78 is 0. The van der Waals surface area contributed by atoms with Gasteiger partial charge < -0.3 is 16.4 Å². The molecule has 0 bridgehead atoms. The average Bonchev–Trinajstić information content (AvgIpc) is 2.43. The van der Waals surface area contributed by atoms with Crippen LogP contribution in [-0.4, -0.2) is 24.9 Å². The highest BCUT2D eigenvalue weighted by atomic mass is 16.2. The molecule has 0 aromatic heterocycles. The molecule has 2 amide bonds. The van der Waals surface area contributed by atoms with Crippen molar-refractivity contribution in [3.8, 4) is 0 Å². The number of hydrogen-bond acceptors (Lipinski definition) is 3. The molecule has 20 heavy (non-hydrogen) atoms. The molecule has 0 aliphatic rings. The number of nitrogens with two attached hydrogens (primary N) is 1. The van der Waals surface area contributed by atoms with E-state index in [2.05, 4.69) is 10.6 Å². The lowest BCUT2D eigenvalue weighted by Gasteiger charge is -2.14. The molecule has 4 N–H and O–H groups in total. The van der Waals surface area contributed by atoms with Crippen LogP contribution < -0.4 is 16.4 Å². The minimum atomic E-state index is -0.472. The Hall–Kier alpha value is -1.88. The standard InChI is InChI=1S/C15H23N3O2/c1-10(2)8-13(16)15(20)18-9-11-4-6-12(7-5-11)14(19)17-3/h4-7,10,13H,8-9,16H2,1-3H3,(H,17,19)(H,18,20)/t13-/m1/s1. The summed E-state index contributed by atoms with van der Waals surface area (Å²) >= 11 is 0. The van der Waals surface area contributed by atoms with Gasteiger partial charge in [-0.3, -0.25) is 9.59 Å². The normalized spacial score (nSPS) is 12.1. The van der Waals surface area contributed by atoms with E-state index in [1.165, 1.54) is 0 Å². The van der Waals surface area contributed by atoms with E-state index in [0.717, 1.165) is 5.56 Å². The lowest BCUT2D eigenvalue weighted by atomic mass is 10.0. The SMILES string of the molecule is CNC(=O)c1ccc(CNC(=O)[C@H](N)CC(C)C)cc1. The average molecular weight is 277 g/mol. The zero-order chi connectivity index (χ0) is 15.1. The minimum absolute atomic E-state index is 0.125. The van der Waals surface area contributed by atoms with Crippen LogP contribution in [0.15, 0.2) is 24.3 Å². The van der Waals surface area contributed by atoms with E-state index in [-0.39, 0.29) is 11.8 Å². The van der Waals surface area contributed by atoms with Crippen LogP contribution in [0.2, 0.25) is 0 Å². The largest absolute Gasteiger partial charge is 0.355 e. The molecule has 5 nitrogen and oxygen atoms in total. The molecule has 0 saturated heterocycles. The summed E-state index contributed by atoms with van der Waals surface area (Å²) in [4.78, 5) is 23.2. The quantitative estimate of drug-likeness (QED) is 0.726. The first-order valence-corrected chi connectivity index (χ1v) is 6.78. The van der Waals surface area contributed by atoms with Crippen molar-refractivity contribution in [2.75, 3.05) is 7.05 Å². The number of carbonyl (C=O) groups is 2. The maximum atomic E-state index is 11.8. The molecule has 1 rings (SSSR count). The van der Waals surface area contributed by atoms with Gasteiger partial charge in [-0.05, 0) is 30.0 Å². The third-order valence-electron chi connectivity index (χ3n) is 2.97. The van der Waals surface area contributed by atoms with Crippen LogP contribution in [-0.2, 0) is 11.3 Å². The van der Waals surface area contributed by atoms with Gasteiger partial charge in [0.1, 0.15) is 0 Å². The predicted molar refractivity (Wildman–Crippen MR) is 79.1 cm³/mol. The maximum Gasteiger partial charge on any atom is 0.251 e. The van der Waals surface area contributed by atoms with Crippen molar-refractivity contribution in [3.05, 3.63) is 35.4 Å². The fraction of sp³-hybridized carbons (Fsp3) is 0.467. The van der Waals surface area contributed by atoms with Gasteiger partial charge in [0, 0.05) is 19.2 Å². The highest BCUT2D eigenvalue weighted by Gasteiger charge is 2.14. The second kappa shape index (κ2) is 7.65. The number of hydrogen-bond donors (Lipinski definition) is 3. The van der Waals surface area contributed by atoms with Crippen molar-refractivity contribution in [3.63, 3.8) is 0 Å². The predicted octanol–water partition coefficient (Wildman–Crippen LogP) is 1.04. The Balaban J connectivity index is 2.49. The molecule has 0 spiro atoms. The second-order valence-electron chi connectivity index (χ2n) is 5.23. The van der Waals surface area contributed by atoms with E-state index in [1.54, 1.807) is 19.2 Å². The molecule has 0 unspecified atom stereocenters. The van der Waals surface area contributed by atoms with Crippen molar-refractivity contribution in [1.82, 2.24) is 10.6 Å². The Kier molecular flexibility index (Phi) is 6.18. The van der Waals surface area contributed by atoms with Crippen LogP contribution in [0.4, 0.5) is 0 Å². The lowest BCUT2D eigenvalue weighted by molar-refractivity contribution is -0.122. The second-order valence-corrected chi connectivity index (χ2v) is 5.23. The molecule has 1 aromatic rings. The Morgan fingerprint density at radius 3 is 2.30 bits per heavy atom. The van der Waals surface area contributed by atoms with Gasteiger partial charge in [0.05, 0.1) is 6.04 Å². The van der Waals surface area contributed by atoms with Crippen LogP contribution in [0, 0.1) is 5.92 Å². The van der Waals surface area contributed by atoms with E-state index in [4.69, 9.17) is 5.73 Å². The third-order valence-corrected chi connectivity index (χ3v) is 2.97. The van der Waals surface area contributed by atoms with Crippen molar-refractivity contribution in [2.45, 2.75) is 32.9 Å². The van der Waals surface area contributed by atoms with Crippen LogP contribution in [0.25, 0.3) is 0 Å². The fourth-order valence-corrected chi connectivity index (χ4v) is 1.85. The summed E-state index contributed by atoms with van der Waals surface area (Å²) in [5.74, 6) is 0.121. The lowest BCUT2D eigenvalue weighted by Crippen LogP contribution is -2.41. The third kappa shape index (κ3) is 5.01. The molecule has 5 heteroatoms. The fourth-order valence-electron chi connectivity index (χ4n) is 1.85. The first-order valence-electron chi connectivity index (χ1n) is 6.78. The van der Waals surface area contributed by atoms with Gasteiger partial charge in [-0.15, -0.1) is 0 Å². The summed E-state index contributed by atoms with van der Waals surface area (Å²) in [5, 5.41) is 5.36. The van der Waals surface area contributed by atoms with Gasteiger partial charge in [0.2, 0.25) is 5.91 Å². The van der Waals surface area contributed by atoms with Gasteiger partial charge in [0.15, 0.2) is 0 Å². The Labute approximate surface area is 119 Å². The summed E-state index contributed by atoms with van der Waals surface area (Å²) in [6.45, 7) is 4.48. The molecule has 0 aliphatic heterocycles. The number of carbonyl (C=O) groups excluding carboxylic acids is 2. The van der Waals surface area contributed by atoms with E-state index in [0.29, 0.717) is 24.4 Å². The van der Waals surface area contributed by atoms with Crippen molar-refractivity contribution in [2.24, 2.45) is 11.7 Å². The van der Waals surface area contributed by atoms with Crippen molar-refractivity contribution < 1.29 is 9.59 Å². The summed E-state index contributed by atoms with van der Waals surface area (Å²) in [6.07, 6.45) is 0.668. The molecule has 1 aromatic carbocycles. The van der Waals surface area contributed by atoms with Gasteiger partial charge in [0.25, 0.3) is 5.91 Å². The Bertz CT molecular complexity index is 455. The molecule has 1 atom stereocenters. The van der Waals surface area contributed by atoms with Crippen LogP contribution in [0.5, 0.6) is 0 Å². The highest BCUT2D eigenvalue weighted by molar-refractivity contribution is 5.93. The molecule has 0 aliphatic carbocycles. The highest BCUT2D eigenvalue weighted by Crippen LogP contribution is 2.05. The monoisotopic (exact) mass is 277 g/mol. The van der Waals surface area contributed by atoms with Gasteiger partial charge >= 0.3 is 0 Å². The molecule has 0 saturated carbocycles. The van der Waals surface area contributed by atoms with E-state index in [9.17, 15) is 9.59 Å². The summed E-state index contributed by atoms with van der Waals surface area (Å²) in [6, 6.07) is 6.63. The zero-order valence-corrected chi connectivity index (χ0v) is 12.3. The number of nitrogens with one attached hydrogen (secondary N) is 2. The van der Waals surface area contributed by atoms with Gasteiger partial charge in [-0.25, -0.2) is 0 Å². The van der Waals surface area contributed by atoms with Crippen LogP contribution in [0.3, 0.4) is 0 Å². The molecule has 110 valence electrons. The first-order chi connectivity index (χ1) is 9.43. The van der Waals surface area contributed by atoms with Crippen molar-refractivity contribution >= 4 is 11.8 Å². The Morgan fingerprint density at radius 2 is 1.80 bits per heavy atom. The molecular formula is C15H23N3O2. The van der Waals surface area contributed by atoms with E-state index >= 15 is 0 Å². The van der Waals surface area contributed by atoms with Gasteiger partial charge in [-0.2, -0.15) is 0 Å². The minimum Gasteiger partial charge on any atom is -0.355 e. The molecular weight excluding hydrogens is 254 g/mol. The number of amides is 2. The topological polar surface area (TPSA) is 84.2 Å². The first kappa shape index (κ1) is 16.2. The van der Waals surface area contributed by atoms with Crippen LogP contribution >= 0.6 is 0 Å². The van der Waals surface area contributed by atoms with Crippen LogP contribution in [0.1, 0.15) is 36.2 Å². The van der Waals surface area contributed by atoms with Crippen molar-refractivity contribution in [1.29, 1.82) is 0 Å². The van der Waals surface area contributed by atoms with E-state index in [1.807, 2.05) is 26.0 Å². The molecule has 0 fully saturated rings. The zero-order valence-electron chi connectivity index (χ0n) is 12.3. The van der Waals surface area contributed by atoms with Gasteiger partial charge in [-0.1, -0.05) is 26.0 Å². The Morgan fingerprint density at radius 1 is 1.20 bits per heavy atom. The number of rotatable bonds is 6. The summed E-state index contributed by atoms with van der Waals surface area (Å²) in [7, 11) is 1.59. The maximum absolute atomic E-state index is 11.8. The number of benzene rings is 1. The smallest absolute Gasteiger partial charge is 0.251 e. The molecule has 0 heterocycles. The molecule has 0 radical (unpaired) electrons. The summed E-state index contributed by atoms with van der Waals surface area (Å²) in [5.41, 5.74) is 7.33. The van der Waals surface area contributed by atoms with E-state index < -0.39 is 6.04 Å².